The Morgan fingerprint density at radius 2 is 1.62 bits per heavy atom. The highest BCUT2D eigenvalue weighted by molar-refractivity contribution is 7.92. The first-order valence-electron chi connectivity index (χ1n) is 8.31. The van der Waals surface area contributed by atoms with Gasteiger partial charge in [-0.05, 0) is 48.5 Å². The number of rotatable bonds is 5. The molecule has 0 aliphatic rings. The Balaban J connectivity index is 1.64. The van der Waals surface area contributed by atoms with E-state index < -0.39 is 10.0 Å². The molecule has 4 aromatic rings. The minimum absolute atomic E-state index is 0.0796. The van der Waals surface area contributed by atoms with E-state index in [2.05, 4.69) is 20.0 Å². The summed E-state index contributed by atoms with van der Waals surface area (Å²) < 4.78 is 27.9. The lowest BCUT2D eigenvalue weighted by molar-refractivity contribution is 0.601. The zero-order valence-corrected chi connectivity index (χ0v) is 17.7. The smallest absolute Gasteiger partial charge is 0.261 e. The van der Waals surface area contributed by atoms with Crippen molar-refractivity contribution in [3.05, 3.63) is 75.7 Å². The van der Waals surface area contributed by atoms with Crippen LogP contribution >= 0.6 is 34.8 Å². The summed E-state index contributed by atoms with van der Waals surface area (Å²) in [6.07, 6.45) is 0. The fourth-order valence-electron chi connectivity index (χ4n) is 2.72. The predicted octanol–water partition coefficient (Wildman–Crippen LogP) is 6.07. The standard InChI is InChI=1S/C19H13Cl3N4O2S/c20-11-3-1-4-12(9-11)26-29(27,28)13-7-8-16-17(10-13)24-19(23-16)25-18-14(21)5-2-6-15(18)22/h1-10,26H,(H2,23,24,25). The van der Waals surface area contributed by atoms with Gasteiger partial charge in [0.25, 0.3) is 10.0 Å². The molecule has 0 fully saturated rings. The molecule has 0 amide bonds. The van der Waals surface area contributed by atoms with E-state index in [1.165, 1.54) is 18.2 Å². The van der Waals surface area contributed by atoms with Crippen LogP contribution in [0.25, 0.3) is 11.0 Å². The Morgan fingerprint density at radius 3 is 2.34 bits per heavy atom. The van der Waals surface area contributed by atoms with Gasteiger partial charge in [-0.2, -0.15) is 0 Å². The molecule has 6 nitrogen and oxygen atoms in total. The Morgan fingerprint density at radius 1 is 0.897 bits per heavy atom. The number of halogens is 3. The Hall–Kier alpha value is -2.45. The number of hydrogen-bond acceptors (Lipinski definition) is 4. The van der Waals surface area contributed by atoms with Crippen LogP contribution in [0.2, 0.25) is 15.1 Å². The summed E-state index contributed by atoms with van der Waals surface area (Å²) >= 11 is 18.2. The molecule has 0 unspecified atom stereocenters. The second-order valence-electron chi connectivity index (χ2n) is 6.10. The number of fused-ring (bicyclic) bond motifs is 1. The molecule has 0 atom stereocenters. The number of benzene rings is 3. The van der Waals surface area contributed by atoms with Gasteiger partial charge >= 0.3 is 0 Å². The first-order chi connectivity index (χ1) is 13.8. The van der Waals surface area contributed by atoms with Gasteiger partial charge in [0.1, 0.15) is 0 Å². The zero-order valence-electron chi connectivity index (χ0n) is 14.6. The average Bonchev–Trinajstić information content (AvgIpc) is 3.06. The summed E-state index contributed by atoms with van der Waals surface area (Å²) in [4.78, 5) is 7.50. The van der Waals surface area contributed by atoms with Crippen LogP contribution in [0.1, 0.15) is 0 Å². The molecule has 3 aromatic carbocycles. The summed E-state index contributed by atoms with van der Waals surface area (Å²) in [6.45, 7) is 0. The summed E-state index contributed by atoms with van der Waals surface area (Å²) in [6, 6.07) is 16.2. The van der Waals surface area contributed by atoms with Gasteiger partial charge in [-0.15, -0.1) is 0 Å². The third-order valence-electron chi connectivity index (χ3n) is 4.05. The zero-order chi connectivity index (χ0) is 20.6. The van der Waals surface area contributed by atoms with Gasteiger partial charge in [0.15, 0.2) is 0 Å². The van der Waals surface area contributed by atoms with E-state index in [0.717, 1.165) is 0 Å². The molecular weight excluding hydrogens is 455 g/mol. The minimum atomic E-state index is -3.80. The lowest BCUT2D eigenvalue weighted by Crippen LogP contribution is -2.12. The van der Waals surface area contributed by atoms with Gasteiger partial charge in [-0.25, -0.2) is 13.4 Å². The van der Waals surface area contributed by atoms with Crippen LogP contribution in [0.4, 0.5) is 17.3 Å². The first-order valence-corrected chi connectivity index (χ1v) is 10.9. The fraction of sp³-hybridized carbons (Fsp3) is 0. The molecule has 3 N–H and O–H groups in total. The number of nitrogens with one attached hydrogen (secondary N) is 3. The number of sulfonamides is 1. The van der Waals surface area contributed by atoms with Crippen LogP contribution in [-0.4, -0.2) is 18.4 Å². The topological polar surface area (TPSA) is 86.9 Å². The van der Waals surface area contributed by atoms with Gasteiger partial charge in [0.2, 0.25) is 5.95 Å². The number of imidazole rings is 1. The van der Waals surface area contributed by atoms with Crippen LogP contribution < -0.4 is 10.0 Å². The molecule has 0 radical (unpaired) electrons. The van der Waals surface area contributed by atoms with E-state index in [0.29, 0.717) is 43.4 Å². The molecule has 0 spiro atoms. The minimum Gasteiger partial charge on any atom is -0.324 e. The van der Waals surface area contributed by atoms with Crippen molar-refractivity contribution in [1.82, 2.24) is 9.97 Å². The lowest BCUT2D eigenvalue weighted by atomic mass is 10.3. The molecule has 0 aliphatic heterocycles. The summed E-state index contributed by atoms with van der Waals surface area (Å²) in [5.41, 5.74) is 1.99. The molecule has 148 valence electrons. The molecule has 0 saturated heterocycles. The van der Waals surface area contributed by atoms with E-state index in [4.69, 9.17) is 34.8 Å². The number of H-pyrrole nitrogens is 1. The highest BCUT2D eigenvalue weighted by Crippen LogP contribution is 2.32. The summed E-state index contributed by atoms with van der Waals surface area (Å²) in [5.74, 6) is 0.382. The second kappa shape index (κ2) is 7.76. The fourth-order valence-corrected chi connectivity index (χ4v) is 4.47. The van der Waals surface area contributed by atoms with Crippen molar-refractivity contribution < 1.29 is 8.42 Å². The van der Waals surface area contributed by atoms with Crippen molar-refractivity contribution in [2.45, 2.75) is 4.90 Å². The number of aromatic nitrogens is 2. The normalized spacial score (nSPS) is 11.6. The monoisotopic (exact) mass is 466 g/mol. The highest BCUT2D eigenvalue weighted by Gasteiger charge is 2.16. The summed E-state index contributed by atoms with van der Waals surface area (Å²) in [7, 11) is -3.80. The van der Waals surface area contributed by atoms with E-state index in [1.54, 1.807) is 42.5 Å². The lowest BCUT2D eigenvalue weighted by Gasteiger charge is -2.08. The van der Waals surface area contributed by atoms with Crippen molar-refractivity contribution in [2.24, 2.45) is 0 Å². The Bertz CT molecular complexity index is 1300. The number of hydrogen-bond donors (Lipinski definition) is 3. The van der Waals surface area contributed by atoms with Gasteiger partial charge in [-0.1, -0.05) is 46.9 Å². The molecule has 0 aliphatic carbocycles. The Labute approximate surface area is 181 Å². The van der Waals surface area contributed by atoms with Crippen LogP contribution in [0.15, 0.2) is 65.6 Å². The van der Waals surface area contributed by atoms with Crippen molar-refractivity contribution in [2.75, 3.05) is 10.0 Å². The number of nitrogens with zero attached hydrogens (tertiary/aromatic N) is 1. The van der Waals surface area contributed by atoms with Crippen molar-refractivity contribution in [1.29, 1.82) is 0 Å². The SMILES string of the molecule is O=S(=O)(Nc1cccc(Cl)c1)c1ccc2nc(Nc3c(Cl)cccc3Cl)[nH]c2c1. The molecule has 0 bridgehead atoms. The predicted molar refractivity (Wildman–Crippen MR) is 118 cm³/mol. The molecular formula is C19H13Cl3N4O2S. The third kappa shape index (κ3) is 4.28. The largest absolute Gasteiger partial charge is 0.324 e. The van der Waals surface area contributed by atoms with Crippen LogP contribution in [0, 0.1) is 0 Å². The molecule has 4 rings (SSSR count). The second-order valence-corrected chi connectivity index (χ2v) is 9.04. The molecule has 29 heavy (non-hydrogen) atoms. The van der Waals surface area contributed by atoms with Gasteiger partial charge < -0.3 is 10.3 Å². The van der Waals surface area contributed by atoms with Crippen molar-refractivity contribution >= 4 is 73.2 Å². The third-order valence-corrected chi connectivity index (χ3v) is 6.29. The van der Waals surface area contributed by atoms with Gasteiger partial charge in [-0.3, -0.25) is 4.72 Å². The van der Waals surface area contributed by atoms with Crippen molar-refractivity contribution in [3.63, 3.8) is 0 Å². The number of anilines is 3. The summed E-state index contributed by atoms with van der Waals surface area (Å²) in [5, 5.41) is 4.33. The highest BCUT2D eigenvalue weighted by atomic mass is 35.5. The molecule has 0 saturated carbocycles. The van der Waals surface area contributed by atoms with Gasteiger partial charge in [0, 0.05) is 5.02 Å². The van der Waals surface area contributed by atoms with E-state index in [9.17, 15) is 8.42 Å². The van der Waals surface area contributed by atoms with Crippen LogP contribution in [0.3, 0.4) is 0 Å². The quantitative estimate of drug-likeness (QED) is 0.332. The van der Waals surface area contributed by atoms with E-state index in [-0.39, 0.29) is 4.90 Å². The molecule has 1 aromatic heterocycles. The van der Waals surface area contributed by atoms with Gasteiger partial charge in [0.05, 0.1) is 37.3 Å². The molecule has 10 heteroatoms. The first kappa shape index (κ1) is 19.8. The maximum Gasteiger partial charge on any atom is 0.261 e. The maximum atomic E-state index is 12.7. The van der Waals surface area contributed by atoms with Crippen LogP contribution in [-0.2, 0) is 10.0 Å². The number of aromatic amines is 1. The Kier molecular flexibility index (Phi) is 5.31. The van der Waals surface area contributed by atoms with Crippen LogP contribution in [0.5, 0.6) is 0 Å². The number of para-hydroxylation sites is 1. The molecule has 1 heterocycles. The van der Waals surface area contributed by atoms with Crippen molar-refractivity contribution in [3.8, 4) is 0 Å². The average molecular weight is 468 g/mol. The van der Waals surface area contributed by atoms with E-state index >= 15 is 0 Å². The maximum absolute atomic E-state index is 12.7. The van der Waals surface area contributed by atoms with E-state index in [1.807, 2.05) is 0 Å².